The number of aliphatic imine (C=N–C) groups is 2. The first-order valence-corrected chi connectivity index (χ1v) is 21.9. The Morgan fingerprint density at radius 3 is 2.02 bits per heavy atom. The van der Waals surface area contributed by atoms with Crippen LogP contribution in [0.1, 0.15) is 30.0 Å². The number of fused-ring (bicyclic) bond motifs is 10. The molecule has 5 heteroatoms. The van der Waals surface area contributed by atoms with Gasteiger partial charge in [0.05, 0.1) is 28.1 Å². The molecule has 0 N–H and O–H groups in total. The number of furan rings is 2. The Morgan fingerprint density at radius 2 is 1.16 bits per heavy atom. The first-order chi connectivity index (χ1) is 31.6. The number of hydrogen-bond acceptors (Lipinski definition) is 4. The number of allylic oxidation sites excluding steroid dienone is 1. The van der Waals surface area contributed by atoms with Crippen LogP contribution in [0, 0.1) is 5.92 Å². The molecule has 0 saturated carbocycles. The Bertz CT molecular complexity index is 3950. The van der Waals surface area contributed by atoms with E-state index in [1.165, 1.54) is 27.1 Å². The van der Waals surface area contributed by atoms with Crippen molar-refractivity contribution in [2.24, 2.45) is 15.9 Å². The number of aromatic nitrogens is 1. The number of para-hydroxylation sites is 3. The first kappa shape index (κ1) is 36.4. The maximum Gasteiger partial charge on any atom is 0.160 e. The quantitative estimate of drug-likeness (QED) is 0.174. The van der Waals surface area contributed by atoms with Gasteiger partial charge in [0.1, 0.15) is 16.7 Å². The van der Waals surface area contributed by atoms with Crippen LogP contribution in [0.15, 0.2) is 219 Å². The molecule has 5 nitrogen and oxygen atoms in total. The van der Waals surface area contributed by atoms with E-state index in [2.05, 4.69) is 193 Å². The summed E-state index contributed by atoms with van der Waals surface area (Å²) in [5, 5.41) is 8.96. The normalized spacial score (nSPS) is 17.1. The molecular formula is C59H39N3O2. The van der Waals surface area contributed by atoms with E-state index in [4.69, 9.17) is 18.8 Å². The highest BCUT2D eigenvalue weighted by Crippen LogP contribution is 2.42. The van der Waals surface area contributed by atoms with Gasteiger partial charge in [0.2, 0.25) is 0 Å². The van der Waals surface area contributed by atoms with Crippen molar-refractivity contribution in [3.8, 4) is 16.8 Å². The van der Waals surface area contributed by atoms with Crippen molar-refractivity contribution >= 4 is 93.7 Å². The fourth-order valence-corrected chi connectivity index (χ4v) is 9.93. The lowest BCUT2D eigenvalue weighted by atomic mass is 9.91. The van der Waals surface area contributed by atoms with Crippen LogP contribution in [-0.2, 0) is 0 Å². The zero-order chi connectivity index (χ0) is 42.3. The van der Waals surface area contributed by atoms with Crippen LogP contribution in [0.2, 0.25) is 0 Å². The van der Waals surface area contributed by atoms with E-state index in [0.717, 1.165) is 101 Å². The summed E-state index contributed by atoms with van der Waals surface area (Å²) in [5.41, 5.74) is 13.6. The lowest BCUT2D eigenvalue weighted by molar-refractivity contribution is 0.666. The van der Waals surface area contributed by atoms with Gasteiger partial charge >= 0.3 is 0 Å². The van der Waals surface area contributed by atoms with Crippen molar-refractivity contribution in [2.75, 3.05) is 0 Å². The van der Waals surface area contributed by atoms with Crippen LogP contribution in [0.25, 0.3) is 99.0 Å². The van der Waals surface area contributed by atoms with Gasteiger partial charge in [0, 0.05) is 49.4 Å². The van der Waals surface area contributed by atoms with E-state index in [9.17, 15) is 0 Å². The van der Waals surface area contributed by atoms with Crippen LogP contribution in [0.3, 0.4) is 0 Å². The van der Waals surface area contributed by atoms with E-state index < -0.39 is 0 Å². The summed E-state index contributed by atoms with van der Waals surface area (Å²) in [5.74, 6) is 0.698. The average molecular weight is 822 g/mol. The summed E-state index contributed by atoms with van der Waals surface area (Å²) in [6, 6.07) is 68.6. The van der Waals surface area contributed by atoms with E-state index in [0.29, 0.717) is 5.84 Å². The molecule has 64 heavy (non-hydrogen) atoms. The SMILES string of the molecule is CC1C/C=C(c2ccc3c(c2)oc2ccccc23)/N=C(c2ccc(-n3c4ccccc4c4cc5ccccc5cc43)c3oc4ccccc4c23)\N=C/1c1cccc(-c2ccccc2)c1. The molecule has 0 bridgehead atoms. The van der Waals surface area contributed by atoms with Gasteiger partial charge in [-0.2, -0.15) is 0 Å². The average Bonchev–Trinajstić information content (AvgIpc) is 4.02. The Balaban J connectivity index is 1.07. The fourth-order valence-electron chi connectivity index (χ4n) is 9.93. The molecule has 1 unspecified atom stereocenters. The highest BCUT2D eigenvalue weighted by atomic mass is 16.3. The molecule has 0 amide bonds. The molecule has 3 aromatic heterocycles. The summed E-state index contributed by atoms with van der Waals surface area (Å²) in [7, 11) is 0. The van der Waals surface area contributed by atoms with Crippen LogP contribution in [-0.4, -0.2) is 16.1 Å². The zero-order valence-corrected chi connectivity index (χ0v) is 35.0. The molecule has 302 valence electrons. The minimum atomic E-state index is 0.0738. The second-order valence-electron chi connectivity index (χ2n) is 16.9. The van der Waals surface area contributed by atoms with E-state index in [-0.39, 0.29) is 5.92 Å². The minimum absolute atomic E-state index is 0.0738. The summed E-state index contributed by atoms with van der Waals surface area (Å²) in [6.07, 6.45) is 3.02. The van der Waals surface area contributed by atoms with E-state index in [1.54, 1.807) is 0 Å². The van der Waals surface area contributed by atoms with Crippen LogP contribution in [0.5, 0.6) is 0 Å². The van der Waals surface area contributed by atoms with Crippen molar-refractivity contribution in [1.29, 1.82) is 0 Å². The van der Waals surface area contributed by atoms with Crippen molar-refractivity contribution in [3.05, 3.63) is 217 Å². The number of rotatable bonds is 5. The van der Waals surface area contributed by atoms with Crippen LogP contribution in [0.4, 0.5) is 0 Å². The lowest BCUT2D eigenvalue weighted by Crippen LogP contribution is -2.17. The largest absolute Gasteiger partial charge is 0.456 e. The molecule has 1 aliphatic rings. The summed E-state index contributed by atoms with van der Waals surface area (Å²) in [4.78, 5) is 11.3. The monoisotopic (exact) mass is 821 g/mol. The van der Waals surface area contributed by atoms with Gasteiger partial charge in [-0.1, -0.05) is 146 Å². The Labute approximate surface area is 368 Å². The maximum absolute atomic E-state index is 7.01. The molecule has 0 fully saturated rings. The summed E-state index contributed by atoms with van der Waals surface area (Å²) >= 11 is 0. The van der Waals surface area contributed by atoms with Crippen molar-refractivity contribution in [3.63, 3.8) is 0 Å². The van der Waals surface area contributed by atoms with Gasteiger partial charge < -0.3 is 13.4 Å². The van der Waals surface area contributed by atoms with Crippen molar-refractivity contribution in [2.45, 2.75) is 13.3 Å². The van der Waals surface area contributed by atoms with Gasteiger partial charge in [-0.05, 0) is 94.5 Å². The van der Waals surface area contributed by atoms with Crippen LogP contribution >= 0.6 is 0 Å². The number of amidine groups is 1. The molecule has 1 aliphatic heterocycles. The number of nitrogens with zero attached hydrogens (tertiary/aromatic N) is 3. The van der Waals surface area contributed by atoms with Gasteiger partial charge in [0.15, 0.2) is 11.4 Å². The van der Waals surface area contributed by atoms with Gasteiger partial charge in [-0.3, -0.25) is 0 Å². The van der Waals surface area contributed by atoms with E-state index in [1.807, 2.05) is 18.2 Å². The van der Waals surface area contributed by atoms with Crippen molar-refractivity contribution < 1.29 is 8.83 Å². The molecule has 12 aromatic rings. The van der Waals surface area contributed by atoms with Gasteiger partial charge in [0.25, 0.3) is 0 Å². The second kappa shape index (κ2) is 14.4. The molecule has 1 atom stereocenters. The van der Waals surface area contributed by atoms with Crippen LogP contribution < -0.4 is 0 Å². The highest BCUT2D eigenvalue weighted by Gasteiger charge is 2.25. The Hall–Kier alpha value is -8.28. The smallest absolute Gasteiger partial charge is 0.160 e. The number of hydrogen-bond donors (Lipinski definition) is 0. The number of benzene rings is 9. The summed E-state index contributed by atoms with van der Waals surface area (Å²) in [6.45, 7) is 2.27. The predicted octanol–water partition coefficient (Wildman–Crippen LogP) is 15.7. The molecule has 4 heterocycles. The molecule has 9 aromatic carbocycles. The standard InChI is InChI=1S/C59H39N3O2/c1-36-26-30-49(41-27-28-45-44-21-8-11-24-53(44)63-55(45)35-41)60-59(61-57(36)42-19-13-18-38(32-42)37-14-3-2-4-15-37)47-29-31-51(58-56(47)46-22-9-12-25-54(46)64-58)62-50-23-10-7-20-43(50)48-33-39-16-5-6-17-40(39)34-52(48)62/h2-25,27-36H,26H2,1H3/b49-30+,60-59-,61-57+. The molecule has 0 spiro atoms. The Kier molecular flexibility index (Phi) is 8.19. The predicted molar refractivity (Wildman–Crippen MR) is 266 cm³/mol. The lowest BCUT2D eigenvalue weighted by Gasteiger charge is -2.19. The zero-order valence-electron chi connectivity index (χ0n) is 35.0. The molecule has 0 saturated heterocycles. The minimum Gasteiger partial charge on any atom is -0.456 e. The van der Waals surface area contributed by atoms with Gasteiger partial charge in [-0.25, -0.2) is 9.98 Å². The fraction of sp³-hybridized carbons (Fsp3) is 0.0508. The van der Waals surface area contributed by atoms with Gasteiger partial charge in [-0.15, -0.1) is 0 Å². The Morgan fingerprint density at radius 1 is 0.469 bits per heavy atom. The van der Waals surface area contributed by atoms with Crippen molar-refractivity contribution in [1.82, 2.24) is 4.57 Å². The molecule has 13 rings (SSSR count). The first-order valence-electron chi connectivity index (χ1n) is 21.9. The molecule has 0 radical (unpaired) electrons. The second-order valence-corrected chi connectivity index (χ2v) is 16.9. The highest BCUT2D eigenvalue weighted by molar-refractivity contribution is 6.24. The maximum atomic E-state index is 7.01. The third-order valence-corrected chi connectivity index (χ3v) is 13.1. The third-order valence-electron chi connectivity index (χ3n) is 13.1. The topological polar surface area (TPSA) is 55.9 Å². The van der Waals surface area contributed by atoms with E-state index >= 15 is 0 Å². The molecule has 0 aliphatic carbocycles. The molecular weight excluding hydrogens is 783 g/mol. The third kappa shape index (κ3) is 5.78. The summed E-state index contributed by atoms with van der Waals surface area (Å²) < 4.78 is 15.8.